The van der Waals surface area contributed by atoms with E-state index >= 15 is 0 Å². The van der Waals surface area contributed by atoms with Gasteiger partial charge in [-0.05, 0) is 85.3 Å². The highest BCUT2D eigenvalue weighted by molar-refractivity contribution is 5.94. The second-order valence-corrected chi connectivity index (χ2v) is 10.7. The Morgan fingerprint density at radius 1 is 1.20 bits per heavy atom. The van der Waals surface area contributed by atoms with E-state index in [0.29, 0.717) is 23.6 Å². The Bertz CT molecular complexity index is 1000. The summed E-state index contributed by atoms with van der Waals surface area (Å²) in [6, 6.07) is 10.7. The number of hydrogen-bond donors (Lipinski definition) is 3. The summed E-state index contributed by atoms with van der Waals surface area (Å²) in [5.74, 6) is 0.904. The minimum absolute atomic E-state index is 0.00103. The van der Waals surface area contributed by atoms with E-state index in [1.807, 2.05) is 13.0 Å². The highest BCUT2D eigenvalue weighted by atomic mass is 16.5. The molecule has 0 saturated heterocycles. The molecule has 0 aliphatic heterocycles. The van der Waals surface area contributed by atoms with Crippen LogP contribution in [0, 0.1) is 29.1 Å². The van der Waals surface area contributed by atoms with Gasteiger partial charge in [-0.1, -0.05) is 20.8 Å². The molecule has 0 bridgehead atoms. The highest BCUT2D eigenvalue weighted by Gasteiger charge is 2.53. The van der Waals surface area contributed by atoms with Gasteiger partial charge >= 0.3 is 0 Å². The number of methoxy groups -OCH3 is 1. The summed E-state index contributed by atoms with van der Waals surface area (Å²) in [4.78, 5) is 25.8. The van der Waals surface area contributed by atoms with Crippen molar-refractivity contribution in [1.29, 1.82) is 0 Å². The monoisotopic (exact) mass is 482 g/mol. The molecule has 2 aliphatic rings. The Labute approximate surface area is 207 Å². The van der Waals surface area contributed by atoms with Crippen LogP contribution in [0.25, 0.3) is 0 Å². The van der Waals surface area contributed by atoms with E-state index in [1.54, 1.807) is 43.7 Å². The van der Waals surface area contributed by atoms with Crippen LogP contribution < -0.4 is 15.4 Å². The molecule has 7 unspecified atom stereocenters. The maximum absolute atomic E-state index is 12.9. The first kappa shape index (κ1) is 25.3. The lowest BCUT2D eigenvalue weighted by Gasteiger charge is -2.56. The topological polar surface area (TPSA) is 101 Å². The highest BCUT2D eigenvalue weighted by Crippen LogP contribution is 2.55. The van der Waals surface area contributed by atoms with Crippen molar-refractivity contribution >= 4 is 11.8 Å². The summed E-state index contributed by atoms with van der Waals surface area (Å²) < 4.78 is 10.5. The number of aliphatic hydroxyl groups is 1. The summed E-state index contributed by atoms with van der Waals surface area (Å²) in [5, 5.41) is 17.7. The van der Waals surface area contributed by atoms with Gasteiger partial charge in [0, 0.05) is 17.5 Å². The van der Waals surface area contributed by atoms with Crippen LogP contribution in [0.1, 0.15) is 62.6 Å². The van der Waals surface area contributed by atoms with E-state index in [0.717, 1.165) is 25.7 Å². The zero-order chi connectivity index (χ0) is 25.2. The van der Waals surface area contributed by atoms with Gasteiger partial charge in [-0.3, -0.25) is 9.59 Å². The van der Waals surface area contributed by atoms with Gasteiger partial charge in [0.05, 0.1) is 26.0 Å². The first-order chi connectivity index (χ1) is 16.7. The third-order valence-electron chi connectivity index (χ3n) is 8.63. The van der Waals surface area contributed by atoms with Gasteiger partial charge in [0.1, 0.15) is 11.5 Å². The van der Waals surface area contributed by atoms with Crippen LogP contribution in [-0.4, -0.2) is 36.2 Å². The van der Waals surface area contributed by atoms with E-state index in [9.17, 15) is 14.7 Å². The van der Waals surface area contributed by atoms with Crippen molar-refractivity contribution in [2.45, 2.75) is 65.1 Å². The molecule has 35 heavy (non-hydrogen) atoms. The zero-order valence-electron chi connectivity index (χ0n) is 21.1. The molecule has 2 aliphatic carbocycles. The molecule has 7 heteroatoms. The predicted octanol–water partition coefficient (Wildman–Crippen LogP) is 4.16. The fourth-order valence-corrected chi connectivity index (χ4v) is 6.43. The van der Waals surface area contributed by atoms with Gasteiger partial charge in [0.2, 0.25) is 5.91 Å². The van der Waals surface area contributed by atoms with Gasteiger partial charge < -0.3 is 24.9 Å². The molecule has 2 saturated carbocycles. The molecule has 3 N–H and O–H groups in total. The number of ether oxygens (including phenoxy) is 1. The molecule has 0 spiro atoms. The third kappa shape index (κ3) is 5.25. The molecule has 1 aromatic carbocycles. The minimum Gasteiger partial charge on any atom is -0.497 e. The Balaban J connectivity index is 1.42. The minimum atomic E-state index is -0.603. The van der Waals surface area contributed by atoms with E-state index < -0.39 is 6.10 Å². The maximum atomic E-state index is 12.9. The van der Waals surface area contributed by atoms with Crippen LogP contribution in [0.4, 0.5) is 0 Å². The van der Waals surface area contributed by atoms with Gasteiger partial charge in [-0.15, -0.1) is 0 Å². The molecular formula is C28H38N2O5. The average molecular weight is 483 g/mol. The Hall–Kier alpha value is -2.80. The van der Waals surface area contributed by atoms with Crippen molar-refractivity contribution in [1.82, 2.24) is 10.6 Å². The molecule has 4 rings (SSSR count). The second-order valence-electron chi connectivity index (χ2n) is 10.7. The van der Waals surface area contributed by atoms with Crippen LogP contribution in [-0.2, 0) is 11.3 Å². The fraction of sp³-hybridized carbons (Fsp3) is 0.571. The summed E-state index contributed by atoms with van der Waals surface area (Å²) in [6.07, 6.45) is 4.60. The lowest BCUT2D eigenvalue weighted by atomic mass is 9.51. The summed E-state index contributed by atoms with van der Waals surface area (Å²) in [5.41, 5.74) is 0.594. The van der Waals surface area contributed by atoms with Gasteiger partial charge in [0.25, 0.3) is 5.91 Å². The maximum Gasteiger partial charge on any atom is 0.251 e. The lowest BCUT2D eigenvalue weighted by Crippen LogP contribution is -2.58. The largest absolute Gasteiger partial charge is 0.497 e. The van der Waals surface area contributed by atoms with Crippen LogP contribution in [0.2, 0.25) is 0 Å². The average Bonchev–Trinajstić information content (AvgIpc) is 3.38. The standard InChI is InChI=1S/C28H38N2O5/c1-17(26(32)29-16-21-6-5-15-35-21)22-11-13-28(3)14-12-23(18(2)24(28)25(22)31)30-27(33)19-7-9-20(34-4)10-8-19/h5-10,15,17-18,22-25,31H,11-14,16H2,1-4H3,(H,29,32)(H,30,33). The molecule has 0 radical (unpaired) electrons. The predicted molar refractivity (Wildman–Crippen MR) is 133 cm³/mol. The molecule has 2 aromatic rings. The number of amides is 2. The molecular weight excluding hydrogens is 444 g/mol. The Morgan fingerprint density at radius 3 is 2.57 bits per heavy atom. The van der Waals surface area contributed by atoms with Crippen LogP contribution in [0.3, 0.4) is 0 Å². The van der Waals surface area contributed by atoms with E-state index in [4.69, 9.17) is 9.15 Å². The van der Waals surface area contributed by atoms with Gasteiger partial charge in [-0.2, -0.15) is 0 Å². The first-order valence-electron chi connectivity index (χ1n) is 12.7. The SMILES string of the molecule is COc1ccc(C(=O)NC2CCC3(C)CCC(C(C)C(=O)NCc4ccco4)C(O)C3C2C)cc1. The number of hydrogen-bond acceptors (Lipinski definition) is 5. The molecule has 190 valence electrons. The zero-order valence-corrected chi connectivity index (χ0v) is 21.1. The van der Waals surface area contributed by atoms with Gasteiger partial charge in [0.15, 0.2) is 0 Å². The number of carbonyl (C=O) groups is 2. The van der Waals surface area contributed by atoms with Crippen molar-refractivity contribution in [3.8, 4) is 5.75 Å². The molecule has 1 heterocycles. The fourth-order valence-electron chi connectivity index (χ4n) is 6.43. The summed E-state index contributed by atoms with van der Waals surface area (Å²) in [6.45, 7) is 6.64. The van der Waals surface area contributed by atoms with Crippen LogP contribution in [0.15, 0.2) is 47.1 Å². The second kappa shape index (κ2) is 10.4. The Morgan fingerprint density at radius 2 is 1.91 bits per heavy atom. The Kier molecular flexibility index (Phi) is 7.55. The number of aliphatic hydroxyl groups excluding tert-OH is 1. The van der Waals surface area contributed by atoms with Crippen LogP contribution in [0.5, 0.6) is 5.75 Å². The molecule has 2 fully saturated rings. The van der Waals surface area contributed by atoms with Crippen molar-refractivity contribution in [3.63, 3.8) is 0 Å². The van der Waals surface area contributed by atoms with Crippen molar-refractivity contribution in [2.24, 2.45) is 29.1 Å². The lowest BCUT2D eigenvalue weighted by molar-refractivity contribution is -0.142. The van der Waals surface area contributed by atoms with E-state index in [1.165, 1.54) is 0 Å². The molecule has 7 nitrogen and oxygen atoms in total. The normalized spacial score (nSPS) is 31.2. The number of fused-ring (bicyclic) bond motifs is 1. The first-order valence-corrected chi connectivity index (χ1v) is 12.7. The number of rotatable bonds is 7. The van der Waals surface area contributed by atoms with Crippen molar-refractivity contribution in [3.05, 3.63) is 54.0 Å². The molecule has 1 aromatic heterocycles. The summed E-state index contributed by atoms with van der Waals surface area (Å²) >= 11 is 0. The smallest absolute Gasteiger partial charge is 0.251 e. The summed E-state index contributed by atoms with van der Waals surface area (Å²) in [7, 11) is 1.60. The number of carbonyl (C=O) groups excluding carboxylic acids is 2. The molecule has 7 atom stereocenters. The van der Waals surface area contributed by atoms with Crippen LogP contribution >= 0.6 is 0 Å². The van der Waals surface area contributed by atoms with Crippen molar-refractivity contribution < 1.29 is 23.8 Å². The molecule has 2 amide bonds. The van der Waals surface area contributed by atoms with E-state index in [-0.39, 0.29) is 46.9 Å². The third-order valence-corrected chi connectivity index (χ3v) is 8.63. The number of furan rings is 1. The van der Waals surface area contributed by atoms with E-state index in [2.05, 4.69) is 24.5 Å². The van der Waals surface area contributed by atoms with Gasteiger partial charge in [-0.25, -0.2) is 0 Å². The number of benzene rings is 1. The number of nitrogens with one attached hydrogen (secondary N) is 2. The quantitative estimate of drug-likeness (QED) is 0.550. The van der Waals surface area contributed by atoms with Crippen molar-refractivity contribution in [2.75, 3.05) is 7.11 Å².